The van der Waals surface area contributed by atoms with E-state index in [1.54, 1.807) is 37.3 Å². The number of primary amides is 1. The fraction of sp³-hybridized carbons (Fsp3) is 0.350. The molecule has 3 rings (SSSR count). The van der Waals surface area contributed by atoms with Crippen LogP contribution >= 0.6 is 0 Å². The Morgan fingerprint density at radius 3 is 2.53 bits per heavy atom. The van der Waals surface area contributed by atoms with E-state index in [-0.39, 0.29) is 28.9 Å². The molecule has 0 unspecified atom stereocenters. The molecule has 1 aliphatic rings. The van der Waals surface area contributed by atoms with E-state index in [1.165, 1.54) is 16.4 Å². The molecule has 0 saturated heterocycles. The van der Waals surface area contributed by atoms with Crippen LogP contribution in [0.3, 0.4) is 0 Å². The number of hydrogen-bond acceptors (Lipinski definition) is 6. The van der Waals surface area contributed by atoms with E-state index < -0.39 is 26.8 Å². The Bertz CT molecular complexity index is 1040. The summed E-state index contributed by atoms with van der Waals surface area (Å²) in [5.41, 5.74) is 5.70. The van der Waals surface area contributed by atoms with E-state index in [4.69, 9.17) is 5.73 Å². The van der Waals surface area contributed by atoms with Gasteiger partial charge in [0.2, 0.25) is 5.91 Å². The van der Waals surface area contributed by atoms with Crippen molar-refractivity contribution in [2.75, 3.05) is 16.2 Å². The molecule has 0 aromatic heterocycles. The Hall–Kier alpha value is -3.14. The van der Waals surface area contributed by atoms with Crippen molar-refractivity contribution in [2.45, 2.75) is 37.1 Å². The minimum absolute atomic E-state index is 0.167. The molecule has 10 heteroatoms. The Morgan fingerprint density at radius 1 is 1.23 bits per heavy atom. The summed E-state index contributed by atoms with van der Waals surface area (Å²) in [5, 5.41) is 14.7. The van der Waals surface area contributed by atoms with Gasteiger partial charge in [-0.25, -0.2) is 8.42 Å². The minimum atomic E-state index is -4.00. The molecule has 2 aromatic rings. The smallest absolute Gasteiger partial charge is 0.293 e. The molecular formula is C20H24N4O5S. The van der Waals surface area contributed by atoms with Crippen LogP contribution in [0.25, 0.3) is 0 Å². The first-order valence-electron chi connectivity index (χ1n) is 9.67. The molecule has 0 spiro atoms. The van der Waals surface area contributed by atoms with Crippen molar-refractivity contribution < 1.29 is 18.1 Å². The number of carbonyl (C=O) groups excluding carboxylic acids is 1. The average molecular weight is 433 g/mol. The van der Waals surface area contributed by atoms with Gasteiger partial charge in [0.15, 0.2) is 0 Å². The van der Waals surface area contributed by atoms with Gasteiger partial charge >= 0.3 is 0 Å². The van der Waals surface area contributed by atoms with Crippen molar-refractivity contribution in [3.63, 3.8) is 0 Å². The van der Waals surface area contributed by atoms with Crippen molar-refractivity contribution in [1.29, 1.82) is 0 Å². The zero-order valence-electron chi connectivity index (χ0n) is 16.5. The van der Waals surface area contributed by atoms with Crippen molar-refractivity contribution >= 4 is 33.0 Å². The van der Waals surface area contributed by atoms with Gasteiger partial charge in [-0.1, -0.05) is 24.6 Å². The second kappa shape index (κ2) is 8.70. The molecule has 0 aliphatic heterocycles. The lowest BCUT2D eigenvalue weighted by Crippen LogP contribution is -2.34. The van der Waals surface area contributed by atoms with Gasteiger partial charge < -0.3 is 11.1 Å². The molecule has 1 fully saturated rings. The fourth-order valence-corrected chi connectivity index (χ4v) is 5.33. The van der Waals surface area contributed by atoms with Gasteiger partial charge in [0.1, 0.15) is 5.69 Å². The molecule has 1 aliphatic carbocycles. The summed E-state index contributed by atoms with van der Waals surface area (Å²) in [4.78, 5) is 22.5. The van der Waals surface area contributed by atoms with E-state index >= 15 is 0 Å². The third kappa shape index (κ3) is 4.23. The highest BCUT2D eigenvalue weighted by Gasteiger charge is 2.33. The van der Waals surface area contributed by atoms with E-state index in [9.17, 15) is 23.3 Å². The molecule has 1 saturated carbocycles. The molecule has 0 radical (unpaired) electrons. The second-order valence-electron chi connectivity index (χ2n) is 7.13. The fourth-order valence-electron chi connectivity index (χ4n) is 3.83. The maximum Gasteiger partial charge on any atom is 0.293 e. The van der Waals surface area contributed by atoms with Crippen LogP contribution in [0.15, 0.2) is 53.4 Å². The van der Waals surface area contributed by atoms with Gasteiger partial charge in [-0.3, -0.25) is 19.2 Å². The van der Waals surface area contributed by atoms with Crippen LogP contribution in [0.2, 0.25) is 0 Å². The van der Waals surface area contributed by atoms with Crippen molar-refractivity contribution in [1.82, 2.24) is 0 Å². The number of anilines is 2. The predicted octanol–water partition coefficient (Wildman–Crippen LogP) is 2.88. The van der Waals surface area contributed by atoms with Crippen LogP contribution in [-0.4, -0.2) is 31.8 Å². The molecule has 2 aromatic carbocycles. The highest BCUT2D eigenvalue weighted by Crippen LogP contribution is 2.34. The number of amides is 1. The Morgan fingerprint density at radius 2 is 1.93 bits per heavy atom. The summed E-state index contributed by atoms with van der Waals surface area (Å²) in [5.74, 6) is -0.866. The number of sulfonamides is 1. The Labute approximate surface area is 175 Å². The number of nitro benzene ring substituents is 1. The monoisotopic (exact) mass is 432 g/mol. The second-order valence-corrected chi connectivity index (χ2v) is 8.99. The van der Waals surface area contributed by atoms with E-state index in [1.807, 2.05) is 0 Å². The summed E-state index contributed by atoms with van der Waals surface area (Å²) < 4.78 is 27.5. The van der Waals surface area contributed by atoms with Crippen LogP contribution in [0.4, 0.5) is 17.1 Å². The van der Waals surface area contributed by atoms with Crippen LogP contribution in [0.1, 0.15) is 26.2 Å². The number of nitrogens with one attached hydrogen (secondary N) is 1. The first-order chi connectivity index (χ1) is 14.3. The topological polar surface area (TPSA) is 136 Å². The number of carbonyl (C=O) groups is 1. The molecule has 160 valence electrons. The molecular weight excluding hydrogens is 408 g/mol. The quantitative estimate of drug-likeness (QED) is 0.486. The number of hydrogen-bond donors (Lipinski definition) is 2. The van der Waals surface area contributed by atoms with Crippen LogP contribution in [0, 0.1) is 16.0 Å². The van der Waals surface area contributed by atoms with Crippen LogP contribution in [0.5, 0.6) is 0 Å². The summed E-state index contributed by atoms with van der Waals surface area (Å²) in [6.45, 7) is 1.86. The van der Waals surface area contributed by atoms with Crippen molar-refractivity contribution in [2.24, 2.45) is 11.7 Å². The predicted molar refractivity (Wildman–Crippen MR) is 114 cm³/mol. The van der Waals surface area contributed by atoms with Gasteiger partial charge in [0, 0.05) is 18.7 Å². The largest absolute Gasteiger partial charge is 0.376 e. The van der Waals surface area contributed by atoms with Crippen molar-refractivity contribution in [3.8, 4) is 0 Å². The zero-order chi connectivity index (χ0) is 21.9. The average Bonchev–Trinajstić information content (AvgIpc) is 3.17. The summed E-state index contributed by atoms with van der Waals surface area (Å²) in [6, 6.07) is 12.0. The molecule has 9 nitrogen and oxygen atoms in total. The molecule has 30 heavy (non-hydrogen) atoms. The number of rotatable bonds is 8. The third-order valence-electron chi connectivity index (χ3n) is 5.31. The standard InChI is InChI=1S/C20H24N4O5S/c1-2-23(14-7-4-3-5-8-14)30(28,29)15-11-12-18(19(13-15)24(26)27)22-17-10-6-9-16(17)20(21)25/h3-5,7-8,11-13,16-17,22H,2,6,9-10H2,1H3,(H2,21,25)/t16-,17-/m0/s1. The number of benzene rings is 2. The lowest BCUT2D eigenvalue weighted by Gasteiger charge is -2.23. The number of para-hydroxylation sites is 1. The highest BCUT2D eigenvalue weighted by atomic mass is 32.2. The summed E-state index contributed by atoms with van der Waals surface area (Å²) >= 11 is 0. The number of nitrogens with two attached hydrogens (primary N) is 1. The first-order valence-corrected chi connectivity index (χ1v) is 11.1. The molecule has 0 bridgehead atoms. The van der Waals surface area contributed by atoms with Crippen molar-refractivity contribution in [3.05, 3.63) is 58.6 Å². The number of nitrogens with zero attached hydrogens (tertiary/aromatic N) is 2. The minimum Gasteiger partial charge on any atom is -0.376 e. The maximum atomic E-state index is 13.2. The maximum absolute atomic E-state index is 13.2. The molecule has 2 atom stereocenters. The van der Waals surface area contributed by atoms with Gasteiger partial charge in [0.25, 0.3) is 15.7 Å². The first kappa shape index (κ1) is 21.6. The SMILES string of the molecule is CCN(c1ccccc1)S(=O)(=O)c1ccc(N[C@H]2CCC[C@@H]2C(N)=O)c([N+](=O)[O-])c1. The molecule has 0 heterocycles. The van der Waals surface area contributed by atoms with Gasteiger partial charge in [-0.15, -0.1) is 0 Å². The lowest BCUT2D eigenvalue weighted by molar-refractivity contribution is -0.384. The third-order valence-corrected chi connectivity index (χ3v) is 7.21. The summed E-state index contributed by atoms with van der Waals surface area (Å²) in [7, 11) is -4.00. The van der Waals surface area contributed by atoms with Gasteiger partial charge in [0.05, 0.1) is 21.4 Å². The van der Waals surface area contributed by atoms with Crippen LogP contribution < -0.4 is 15.4 Å². The Balaban J connectivity index is 1.96. The number of nitro groups is 1. The van der Waals surface area contributed by atoms with Crippen LogP contribution in [-0.2, 0) is 14.8 Å². The Kier molecular flexibility index (Phi) is 6.25. The molecule has 3 N–H and O–H groups in total. The lowest BCUT2D eigenvalue weighted by atomic mass is 10.0. The molecule has 1 amide bonds. The highest BCUT2D eigenvalue weighted by molar-refractivity contribution is 7.92. The summed E-state index contributed by atoms with van der Waals surface area (Å²) in [6.07, 6.45) is 2.06. The van der Waals surface area contributed by atoms with E-state index in [2.05, 4.69) is 5.32 Å². The zero-order valence-corrected chi connectivity index (χ0v) is 17.3. The van der Waals surface area contributed by atoms with Gasteiger partial charge in [-0.05, 0) is 44.0 Å². The van der Waals surface area contributed by atoms with Gasteiger partial charge in [-0.2, -0.15) is 0 Å². The van der Waals surface area contributed by atoms with E-state index in [0.29, 0.717) is 18.5 Å². The van der Waals surface area contributed by atoms with E-state index in [0.717, 1.165) is 12.5 Å². The normalized spacial score (nSPS) is 18.7.